The van der Waals surface area contributed by atoms with E-state index in [0.29, 0.717) is 6.54 Å². The van der Waals surface area contributed by atoms with E-state index >= 15 is 0 Å². The lowest BCUT2D eigenvalue weighted by molar-refractivity contribution is 0.403. The molecule has 0 fully saturated rings. The molecule has 128 valence electrons. The van der Waals surface area contributed by atoms with Crippen LogP contribution in [0.3, 0.4) is 0 Å². The Morgan fingerprint density at radius 1 is 1.00 bits per heavy atom. The second-order valence-electron chi connectivity index (χ2n) is 5.48. The maximum Gasteiger partial charge on any atom is 0.236 e. The number of nitrogens with zero attached hydrogens (tertiary/aromatic N) is 2. The van der Waals surface area contributed by atoms with E-state index in [1.807, 2.05) is 65.4 Å². The number of hydrogen-bond acceptors (Lipinski definition) is 4. The molecule has 4 nitrogen and oxygen atoms in total. The van der Waals surface area contributed by atoms with Crippen LogP contribution in [0.15, 0.2) is 77.0 Å². The summed E-state index contributed by atoms with van der Waals surface area (Å²) in [6.45, 7) is 0.555. The molecule has 0 bridgehead atoms. The van der Waals surface area contributed by atoms with Gasteiger partial charge in [-0.15, -0.1) is 0 Å². The Kier molecular flexibility index (Phi) is 5.75. The van der Waals surface area contributed by atoms with Crippen LogP contribution in [-0.4, -0.2) is 17.7 Å². The summed E-state index contributed by atoms with van der Waals surface area (Å²) in [6, 6.07) is 16.8. The first kappa shape index (κ1) is 17.5. The summed E-state index contributed by atoms with van der Waals surface area (Å²) >= 11 is 1.55. The van der Waals surface area contributed by atoms with Crippen molar-refractivity contribution < 1.29 is 8.42 Å². The maximum absolute atomic E-state index is 12.8. The van der Waals surface area contributed by atoms with Crippen LogP contribution in [0.1, 0.15) is 16.8 Å². The first-order chi connectivity index (χ1) is 12.1. The Morgan fingerprint density at radius 2 is 1.80 bits per heavy atom. The second kappa shape index (κ2) is 8.20. The first-order valence-electron chi connectivity index (χ1n) is 7.78. The summed E-state index contributed by atoms with van der Waals surface area (Å²) in [5, 5.41) is 5.17. The molecule has 0 radical (unpaired) electrons. The van der Waals surface area contributed by atoms with E-state index in [1.54, 1.807) is 23.6 Å². The third kappa shape index (κ3) is 5.09. The van der Waals surface area contributed by atoms with Crippen LogP contribution in [0.25, 0.3) is 6.08 Å². The Morgan fingerprint density at radius 3 is 2.48 bits per heavy atom. The van der Waals surface area contributed by atoms with E-state index in [1.165, 1.54) is 9.71 Å². The summed E-state index contributed by atoms with van der Waals surface area (Å²) in [5.41, 5.74) is 2.53. The molecule has 1 aromatic carbocycles. The molecule has 25 heavy (non-hydrogen) atoms. The molecular formula is C19H18N2O2S2. The Bertz CT molecular complexity index is 907. The molecule has 6 heteroatoms. The molecule has 2 heterocycles. The fourth-order valence-corrected chi connectivity index (χ4v) is 4.11. The number of benzene rings is 1. The van der Waals surface area contributed by atoms with Gasteiger partial charge in [0.15, 0.2) is 0 Å². The number of thiophene rings is 1. The van der Waals surface area contributed by atoms with Gasteiger partial charge in [0.05, 0.1) is 12.2 Å². The van der Waals surface area contributed by atoms with Crippen molar-refractivity contribution in [2.24, 2.45) is 0 Å². The van der Waals surface area contributed by atoms with Crippen molar-refractivity contribution in [3.05, 3.63) is 93.8 Å². The van der Waals surface area contributed by atoms with Crippen LogP contribution in [0.5, 0.6) is 0 Å². The lowest BCUT2D eigenvalue weighted by Gasteiger charge is -2.19. The summed E-state index contributed by atoms with van der Waals surface area (Å²) in [6.07, 6.45) is 3.29. The van der Waals surface area contributed by atoms with Gasteiger partial charge in [-0.05, 0) is 46.2 Å². The van der Waals surface area contributed by atoms with E-state index < -0.39 is 10.0 Å². The molecule has 0 N–H and O–H groups in total. The van der Waals surface area contributed by atoms with Gasteiger partial charge in [0.2, 0.25) is 10.0 Å². The van der Waals surface area contributed by atoms with Crippen LogP contribution in [0, 0.1) is 0 Å². The zero-order valence-corrected chi connectivity index (χ0v) is 15.2. The lowest BCUT2D eigenvalue weighted by atomic mass is 10.2. The third-order valence-electron chi connectivity index (χ3n) is 3.60. The number of hydrogen-bond donors (Lipinski definition) is 0. The fourth-order valence-electron chi connectivity index (χ4n) is 2.31. The molecule has 0 amide bonds. The van der Waals surface area contributed by atoms with Crippen molar-refractivity contribution in [3.63, 3.8) is 0 Å². The van der Waals surface area contributed by atoms with Crippen LogP contribution in [0.2, 0.25) is 0 Å². The Hall–Kier alpha value is -2.28. The van der Waals surface area contributed by atoms with Crippen LogP contribution in [-0.2, 0) is 23.1 Å². The quantitative estimate of drug-likeness (QED) is 0.628. The molecule has 0 unspecified atom stereocenters. The molecule has 0 atom stereocenters. The Balaban J connectivity index is 1.85. The summed E-state index contributed by atoms with van der Waals surface area (Å²) in [7, 11) is -3.58. The van der Waals surface area contributed by atoms with Crippen LogP contribution in [0.4, 0.5) is 0 Å². The van der Waals surface area contributed by atoms with E-state index in [9.17, 15) is 8.42 Å². The van der Waals surface area contributed by atoms with Gasteiger partial charge in [-0.2, -0.15) is 15.6 Å². The number of sulfonamides is 1. The Labute approximate surface area is 152 Å². The minimum atomic E-state index is -3.58. The van der Waals surface area contributed by atoms with Gasteiger partial charge in [-0.25, -0.2) is 8.42 Å². The zero-order valence-electron chi connectivity index (χ0n) is 13.5. The predicted octanol–water partition coefficient (Wildman–Crippen LogP) is 4.15. The van der Waals surface area contributed by atoms with Crippen molar-refractivity contribution in [1.29, 1.82) is 0 Å². The average Bonchev–Trinajstić information content (AvgIpc) is 3.15. The molecule has 0 saturated carbocycles. The maximum atomic E-state index is 12.8. The summed E-state index contributed by atoms with van der Waals surface area (Å²) in [5.74, 6) is 0. The van der Waals surface area contributed by atoms with Gasteiger partial charge >= 0.3 is 0 Å². The molecule has 3 aromatic rings. The van der Waals surface area contributed by atoms with Gasteiger partial charge in [-0.3, -0.25) is 4.98 Å². The van der Waals surface area contributed by atoms with Crippen LogP contribution < -0.4 is 0 Å². The van der Waals surface area contributed by atoms with E-state index in [2.05, 4.69) is 4.98 Å². The highest BCUT2D eigenvalue weighted by Gasteiger charge is 2.20. The van der Waals surface area contributed by atoms with Crippen molar-refractivity contribution in [3.8, 4) is 0 Å². The third-order valence-corrected chi connectivity index (χ3v) is 5.79. The molecule has 3 rings (SSSR count). The van der Waals surface area contributed by atoms with Crippen molar-refractivity contribution in [2.75, 3.05) is 0 Å². The monoisotopic (exact) mass is 370 g/mol. The van der Waals surface area contributed by atoms with Gasteiger partial charge in [0.1, 0.15) is 0 Å². The highest BCUT2D eigenvalue weighted by atomic mass is 32.2. The van der Waals surface area contributed by atoms with Gasteiger partial charge < -0.3 is 0 Å². The minimum absolute atomic E-state index is 0.234. The van der Waals surface area contributed by atoms with Crippen molar-refractivity contribution >= 4 is 27.4 Å². The van der Waals surface area contributed by atoms with Crippen LogP contribution >= 0.6 is 11.3 Å². The molecule has 0 aliphatic heterocycles. The second-order valence-corrected chi connectivity index (χ2v) is 8.08. The molecular weight excluding hydrogens is 352 g/mol. The molecule has 0 spiro atoms. The van der Waals surface area contributed by atoms with Crippen molar-refractivity contribution in [2.45, 2.75) is 13.1 Å². The standard InChI is InChI=1S/C19H18N2O2S2/c22-25(23,13-10-17-6-2-1-3-7-17)21(14-18-9-12-24-16-18)15-19-8-4-5-11-20-19/h1-13,16H,14-15H2/b13-10+. The number of rotatable bonds is 7. The summed E-state index contributed by atoms with van der Waals surface area (Å²) < 4.78 is 27.1. The smallest absolute Gasteiger partial charge is 0.236 e. The largest absolute Gasteiger partial charge is 0.260 e. The topological polar surface area (TPSA) is 50.3 Å². The predicted molar refractivity (Wildman–Crippen MR) is 102 cm³/mol. The molecule has 0 aliphatic carbocycles. The highest BCUT2D eigenvalue weighted by molar-refractivity contribution is 7.92. The SMILES string of the molecule is O=S(=O)(/C=C/c1ccccc1)N(Cc1ccsc1)Cc1ccccn1. The minimum Gasteiger partial charge on any atom is -0.260 e. The fraction of sp³-hybridized carbons (Fsp3) is 0.105. The van der Waals surface area contributed by atoms with E-state index in [-0.39, 0.29) is 6.54 Å². The normalized spacial score (nSPS) is 12.0. The molecule has 2 aromatic heterocycles. The molecule has 0 aliphatic rings. The van der Waals surface area contributed by atoms with Gasteiger partial charge in [0.25, 0.3) is 0 Å². The van der Waals surface area contributed by atoms with Crippen molar-refractivity contribution in [1.82, 2.24) is 9.29 Å². The summed E-state index contributed by atoms with van der Waals surface area (Å²) in [4.78, 5) is 4.25. The first-order valence-corrected chi connectivity index (χ1v) is 10.2. The lowest BCUT2D eigenvalue weighted by Crippen LogP contribution is -2.28. The zero-order chi connectivity index (χ0) is 17.5. The van der Waals surface area contributed by atoms with E-state index in [0.717, 1.165) is 16.8 Å². The van der Waals surface area contributed by atoms with Gasteiger partial charge in [-0.1, -0.05) is 36.4 Å². The van der Waals surface area contributed by atoms with Gasteiger partial charge in [0, 0.05) is 18.1 Å². The molecule has 0 saturated heterocycles. The number of pyridine rings is 1. The highest BCUT2D eigenvalue weighted by Crippen LogP contribution is 2.17. The van der Waals surface area contributed by atoms with E-state index in [4.69, 9.17) is 0 Å². The number of aromatic nitrogens is 1. The average molecular weight is 370 g/mol.